The molecule has 282 valence electrons. The van der Waals surface area contributed by atoms with E-state index in [-0.39, 0.29) is 39.3 Å². The molecule has 0 radical (unpaired) electrons. The number of allylic oxidation sites excluding steroid dienone is 4. The standard InChI is InChI=1S/C40H80O5Si3/c1-20-21-22-26-34(42-13)27-23-28-35(44-47(16,17)39(7,8)9)31-36(41)33(3)37(45-48(18,19)40(10,11)12)30-32(2)25-24-29-43-46(14,15)38(4,5)6/h20-22,24-25,30,33-37,41H,1,23,26-29,31H2,2-19H3/b22-21-,25-24+,32-30+/t33-,34+,35+,36-,37+/m0/s1. The van der Waals surface area contributed by atoms with E-state index in [1.165, 1.54) is 0 Å². The monoisotopic (exact) mass is 725 g/mol. The van der Waals surface area contributed by atoms with Crippen molar-refractivity contribution in [2.45, 2.75) is 187 Å². The second kappa shape index (κ2) is 19.9. The highest BCUT2D eigenvalue weighted by molar-refractivity contribution is 6.75. The van der Waals surface area contributed by atoms with Gasteiger partial charge in [-0.15, -0.1) is 0 Å². The molecule has 0 aliphatic rings. The fourth-order valence-electron chi connectivity index (χ4n) is 4.58. The third-order valence-corrected chi connectivity index (χ3v) is 24.9. The van der Waals surface area contributed by atoms with Crippen molar-refractivity contribution in [1.82, 2.24) is 0 Å². The summed E-state index contributed by atoms with van der Waals surface area (Å²) in [6.07, 6.45) is 16.0. The molecular formula is C40H80O5Si3. The van der Waals surface area contributed by atoms with E-state index in [1.54, 1.807) is 13.2 Å². The predicted molar refractivity (Wildman–Crippen MR) is 219 cm³/mol. The van der Waals surface area contributed by atoms with Gasteiger partial charge in [-0.05, 0) is 93.4 Å². The summed E-state index contributed by atoms with van der Waals surface area (Å²) in [6, 6.07) is 0. The van der Waals surface area contributed by atoms with Gasteiger partial charge in [0, 0.05) is 19.1 Å². The highest BCUT2D eigenvalue weighted by atomic mass is 28.4. The Hall–Kier alpha value is -0.589. The molecule has 0 spiro atoms. The third kappa shape index (κ3) is 16.6. The van der Waals surface area contributed by atoms with E-state index in [4.69, 9.17) is 18.0 Å². The number of hydrogen-bond donors (Lipinski definition) is 1. The van der Waals surface area contributed by atoms with Crippen LogP contribution in [0.4, 0.5) is 0 Å². The summed E-state index contributed by atoms with van der Waals surface area (Å²) in [6.45, 7) is 42.9. The van der Waals surface area contributed by atoms with Gasteiger partial charge in [-0.3, -0.25) is 0 Å². The number of aliphatic hydroxyl groups is 1. The molecule has 0 fully saturated rings. The molecule has 0 aromatic carbocycles. The minimum Gasteiger partial charge on any atom is -0.414 e. The average molecular weight is 725 g/mol. The van der Waals surface area contributed by atoms with Crippen LogP contribution in [0, 0.1) is 5.92 Å². The Morgan fingerprint density at radius 2 is 1.27 bits per heavy atom. The molecule has 0 heterocycles. The molecule has 48 heavy (non-hydrogen) atoms. The molecule has 0 rings (SSSR count). The maximum absolute atomic E-state index is 11.9. The lowest BCUT2D eigenvalue weighted by molar-refractivity contribution is 0.0121. The Morgan fingerprint density at radius 3 is 1.75 bits per heavy atom. The molecule has 0 saturated heterocycles. The van der Waals surface area contributed by atoms with Gasteiger partial charge < -0.3 is 23.1 Å². The summed E-state index contributed by atoms with van der Waals surface area (Å²) < 4.78 is 26.2. The van der Waals surface area contributed by atoms with Gasteiger partial charge in [0.05, 0.1) is 24.9 Å². The lowest BCUT2D eigenvalue weighted by Crippen LogP contribution is -2.48. The zero-order valence-electron chi connectivity index (χ0n) is 34.9. The molecule has 0 aromatic rings. The molecule has 1 N–H and O–H groups in total. The lowest BCUT2D eigenvalue weighted by atomic mass is 9.91. The first-order valence-electron chi connectivity index (χ1n) is 18.4. The fraction of sp³-hybridized carbons (Fsp3) is 0.800. The fourth-order valence-corrected chi connectivity index (χ4v) is 8.25. The quantitative estimate of drug-likeness (QED) is 0.0943. The van der Waals surface area contributed by atoms with Crippen LogP contribution >= 0.6 is 0 Å². The predicted octanol–water partition coefficient (Wildman–Crippen LogP) is 12.0. The van der Waals surface area contributed by atoms with Crippen LogP contribution in [-0.4, -0.2) is 68.2 Å². The SMILES string of the molecule is C=C/C=C\C[C@H](CCC[C@H](C[C@H](O)[C@H](C)[C@@H](/C=C(C)/C=C/CO[Si](C)(C)C(C)(C)C)O[Si](C)(C)C(C)(C)C)O[Si](C)(C)C(C)(C)C)OC. The van der Waals surface area contributed by atoms with Crippen molar-refractivity contribution in [3.05, 3.63) is 48.6 Å². The Balaban J connectivity index is 6.18. The average Bonchev–Trinajstić information content (AvgIpc) is 2.91. The first kappa shape index (κ1) is 47.4. The normalized spacial score (nSPS) is 17.9. The Bertz CT molecular complexity index is 1020. The second-order valence-electron chi connectivity index (χ2n) is 18.6. The zero-order chi connectivity index (χ0) is 37.8. The van der Waals surface area contributed by atoms with Gasteiger partial charge in [-0.2, -0.15) is 0 Å². The Kier molecular flexibility index (Phi) is 19.6. The van der Waals surface area contributed by atoms with E-state index < -0.39 is 31.1 Å². The second-order valence-corrected chi connectivity index (χ2v) is 32.9. The lowest BCUT2D eigenvalue weighted by Gasteiger charge is -2.42. The molecule has 0 unspecified atom stereocenters. The van der Waals surface area contributed by atoms with E-state index >= 15 is 0 Å². The van der Waals surface area contributed by atoms with Crippen molar-refractivity contribution in [3.8, 4) is 0 Å². The summed E-state index contributed by atoms with van der Waals surface area (Å²) in [7, 11) is -4.22. The number of hydrogen-bond acceptors (Lipinski definition) is 5. The van der Waals surface area contributed by atoms with Crippen molar-refractivity contribution >= 4 is 25.0 Å². The summed E-state index contributed by atoms with van der Waals surface area (Å²) >= 11 is 0. The van der Waals surface area contributed by atoms with Gasteiger partial charge >= 0.3 is 0 Å². The molecule has 8 heteroatoms. The van der Waals surface area contributed by atoms with Gasteiger partial charge in [0.15, 0.2) is 25.0 Å². The van der Waals surface area contributed by atoms with Crippen molar-refractivity contribution in [1.29, 1.82) is 0 Å². The van der Waals surface area contributed by atoms with Crippen LogP contribution in [0.3, 0.4) is 0 Å². The van der Waals surface area contributed by atoms with Crippen molar-refractivity contribution < 1.29 is 23.1 Å². The minimum atomic E-state index is -2.13. The van der Waals surface area contributed by atoms with Crippen molar-refractivity contribution in [2.24, 2.45) is 5.92 Å². The van der Waals surface area contributed by atoms with E-state index in [1.807, 2.05) is 6.08 Å². The molecule has 0 bridgehead atoms. The first-order chi connectivity index (χ1) is 21.6. The third-order valence-electron chi connectivity index (χ3n) is 11.3. The molecule has 0 aliphatic heterocycles. The van der Waals surface area contributed by atoms with E-state index in [0.717, 1.165) is 31.3 Å². The number of ether oxygens (including phenoxy) is 1. The van der Waals surface area contributed by atoms with Crippen molar-refractivity contribution in [3.63, 3.8) is 0 Å². The van der Waals surface area contributed by atoms with Gasteiger partial charge in [0.25, 0.3) is 0 Å². The van der Waals surface area contributed by atoms with E-state index in [0.29, 0.717) is 13.0 Å². The molecule has 0 saturated carbocycles. The van der Waals surface area contributed by atoms with E-state index in [2.05, 4.69) is 146 Å². The summed E-state index contributed by atoms with van der Waals surface area (Å²) in [5.41, 5.74) is 1.13. The highest BCUT2D eigenvalue weighted by Crippen LogP contribution is 2.41. The molecule has 0 aliphatic carbocycles. The molecule has 5 nitrogen and oxygen atoms in total. The van der Waals surface area contributed by atoms with Crippen LogP contribution in [0.15, 0.2) is 48.6 Å². The van der Waals surface area contributed by atoms with Crippen LogP contribution in [-0.2, 0) is 18.0 Å². The molecular weight excluding hydrogens is 645 g/mol. The summed E-state index contributed by atoms with van der Waals surface area (Å²) in [5, 5.41) is 12.2. The summed E-state index contributed by atoms with van der Waals surface area (Å²) in [5.74, 6) is -0.104. The smallest absolute Gasteiger partial charge is 0.192 e. The van der Waals surface area contributed by atoms with Gasteiger partial charge in [-0.25, -0.2) is 0 Å². The number of aliphatic hydroxyl groups excluding tert-OH is 1. The summed E-state index contributed by atoms with van der Waals surface area (Å²) in [4.78, 5) is 0. The van der Waals surface area contributed by atoms with Crippen LogP contribution in [0.2, 0.25) is 54.4 Å². The Morgan fingerprint density at radius 1 is 0.771 bits per heavy atom. The first-order valence-corrected chi connectivity index (χ1v) is 27.2. The van der Waals surface area contributed by atoms with Crippen LogP contribution in [0.25, 0.3) is 0 Å². The molecule has 0 aromatic heterocycles. The highest BCUT2D eigenvalue weighted by Gasteiger charge is 2.42. The zero-order valence-corrected chi connectivity index (χ0v) is 37.9. The van der Waals surface area contributed by atoms with Crippen LogP contribution < -0.4 is 0 Å². The van der Waals surface area contributed by atoms with Gasteiger partial charge in [0.2, 0.25) is 0 Å². The van der Waals surface area contributed by atoms with Crippen molar-refractivity contribution in [2.75, 3.05) is 13.7 Å². The van der Waals surface area contributed by atoms with Gasteiger partial charge in [-0.1, -0.05) is 118 Å². The Labute approximate surface area is 302 Å². The largest absolute Gasteiger partial charge is 0.414 e. The van der Waals surface area contributed by atoms with Crippen LogP contribution in [0.1, 0.15) is 108 Å². The van der Waals surface area contributed by atoms with E-state index in [9.17, 15) is 5.11 Å². The number of rotatable bonds is 21. The minimum absolute atomic E-state index is 0.0319. The maximum Gasteiger partial charge on any atom is 0.192 e. The topological polar surface area (TPSA) is 57.2 Å². The maximum atomic E-state index is 11.9. The molecule has 0 amide bonds. The van der Waals surface area contributed by atoms with Gasteiger partial charge in [0.1, 0.15) is 0 Å². The molecule has 5 atom stereocenters. The van der Waals surface area contributed by atoms with Crippen LogP contribution in [0.5, 0.6) is 0 Å². The number of methoxy groups -OCH3 is 1.